The van der Waals surface area contributed by atoms with Gasteiger partial charge in [-0.1, -0.05) is 42.0 Å². The van der Waals surface area contributed by atoms with Crippen molar-refractivity contribution in [2.75, 3.05) is 0 Å². The van der Waals surface area contributed by atoms with Gasteiger partial charge < -0.3 is 20.4 Å². The number of aryl methyl sites for hydroxylation is 1. The van der Waals surface area contributed by atoms with Crippen LogP contribution in [0.2, 0.25) is 0 Å². The van der Waals surface area contributed by atoms with E-state index >= 15 is 0 Å². The van der Waals surface area contributed by atoms with Crippen LogP contribution in [0.5, 0.6) is 0 Å². The molecule has 1 unspecified atom stereocenters. The fourth-order valence-corrected chi connectivity index (χ4v) is 4.28. The van der Waals surface area contributed by atoms with Crippen molar-refractivity contribution >= 4 is 11.8 Å². The minimum absolute atomic E-state index is 0.00449. The van der Waals surface area contributed by atoms with Crippen LogP contribution < -0.4 is 5.32 Å². The largest absolute Gasteiger partial charge is 0.380 e. The first kappa shape index (κ1) is 24.6. The molecule has 1 aliphatic carbocycles. The highest BCUT2D eigenvalue weighted by atomic mass is 16.3. The highest BCUT2D eigenvalue weighted by molar-refractivity contribution is 5.91. The van der Waals surface area contributed by atoms with Crippen molar-refractivity contribution in [1.82, 2.24) is 20.0 Å². The molecule has 4 atom stereocenters. The summed E-state index contributed by atoms with van der Waals surface area (Å²) in [6, 6.07) is 16.4. The molecule has 2 aromatic carbocycles. The summed E-state index contributed by atoms with van der Waals surface area (Å²) in [5.41, 5.74) is 3.71. The number of carbonyl (C=O) groups is 2. The van der Waals surface area contributed by atoms with Crippen molar-refractivity contribution in [2.45, 2.75) is 63.9 Å². The molecule has 1 aliphatic rings. The second kappa shape index (κ2) is 10.4. The maximum absolute atomic E-state index is 13.2. The van der Waals surface area contributed by atoms with Crippen LogP contribution in [0.3, 0.4) is 0 Å². The first-order chi connectivity index (χ1) is 16.8. The molecule has 8 nitrogen and oxygen atoms in total. The van der Waals surface area contributed by atoms with Gasteiger partial charge in [0.2, 0.25) is 0 Å². The third kappa shape index (κ3) is 5.61. The molecule has 2 amide bonds. The standard InChI is InChI=1S/C27H32N4O4/c1-17-6-4-7-21(16-17)19(3)31(23-12-13-23)27(35)25(33)24(32)26(34)29-18(2)20-8-10-22(11-9-20)30-15-5-14-28-30/h4-11,14-16,18-19,23-25,32-33H,12-13H2,1-3H3,(H,29,34)/t18-,19?,24-,25-/m1/s1. The molecular weight excluding hydrogens is 444 g/mol. The Hall–Kier alpha value is -3.49. The number of aliphatic hydroxyl groups excluding tert-OH is 2. The zero-order valence-corrected chi connectivity index (χ0v) is 20.2. The van der Waals surface area contributed by atoms with Gasteiger partial charge in [-0.3, -0.25) is 9.59 Å². The Bertz CT molecular complexity index is 1160. The van der Waals surface area contributed by atoms with E-state index in [4.69, 9.17) is 0 Å². The van der Waals surface area contributed by atoms with E-state index in [0.717, 1.165) is 35.2 Å². The fourth-order valence-electron chi connectivity index (χ4n) is 4.28. The van der Waals surface area contributed by atoms with Crippen molar-refractivity contribution in [2.24, 2.45) is 0 Å². The lowest BCUT2D eigenvalue weighted by atomic mass is 10.0. The van der Waals surface area contributed by atoms with Crippen molar-refractivity contribution in [3.05, 3.63) is 83.7 Å². The van der Waals surface area contributed by atoms with E-state index in [9.17, 15) is 19.8 Å². The Kier molecular flexibility index (Phi) is 7.33. The molecule has 1 heterocycles. The van der Waals surface area contributed by atoms with Gasteiger partial charge in [0.25, 0.3) is 11.8 Å². The Labute approximate surface area is 205 Å². The topological polar surface area (TPSA) is 108 Å². The highest BCUT2D eigenvalue weighted by Crippen LogP contribution is 2.35. The Balaban J connectivity index is 1.40. The fraction of sp³-hybridized carbons (Fsp3) is 0.370. The molecule has 1 saturated carbocycles. The van der Waals surface area contributed by atoms with E-state index in [0.29, 0.717) is 0 Å². The van der Waals surface area contributed by atoms with E-state index in [1.165, 1.54) is 0 Å². The zero-order valence-electron chi connectivity index (χ0n) is 20.2. The van der Waals surface area contributed by atoms with Gasteiger partial charge in [0.05, 0.1) is 17.8 Å². The Morgan fingerprint density at radius 2 is 1.74 bits per heavy atom. The van der Waals surface area contributed by atoms with Gasteiger partial charge in [-0.25, -0.2) is 4.68 Å². The normalized spacial score (nSPS) is 16.7. The van der Waals surface area contributed by atoms with Crippen molar-refractivity contribution in [1.29, 1.82) is 0 Å². The van der Waals surface area contributed by atoms with Crippen LogP contribution in [0.1, 0.15) is 55.5 Å². The predicted molar refractivity (Wildman–Crippen MR) is 132 cm³/mol. The second-order valence-electron chi connectivity index (χ2n) is 9.23. The molecule has 1 fully saturated rings. The molecule has 3 aromatic rings. The van der Waals surface area contributed by atoms with Crippen LogP contribution in [0.25, 0.3) is 5.69 Å². The number of hydrogen-bond acceptors (Lipinski definition) is 5. The molecule has 184 valence electrons. The molecule has 1 aromatic heterocycles. The van der Waals surface area contributed by atoms with Crippen LogP contribution in [0.4, 0.5) is 0 Å². The number of hydrogen-bond donors (Lipinski definition) is 3. The van der Waals surface area contributed by atoms with Crippen molar-refractivity contribution in [3.8, 4) is 5.69 Å². The SMILES string of the molecule is Cc1cccc(C(C)N(C(=O)[C@H](O)[C@@H](O)C(=O)N[C@H](C)c2ccc(-n3cccn3)cc2)C2CC2)c1. The average molecular weight is 477 g/mol. The van der Waals surface area contributed by atoms with Crippen LogP contribution in [-0.2, 0) is 9.59 Å². The summed E-state index contributed by atoms with van der Waals surface area (Å²) in [4.78, 5) is 27.5. The summed E-state index contributed by atoms with van der Waals surface area (Å²) in [6.45, 7) is 5.66. The molecular formula is C27H32N4O4. The summed E-state index contributed by atoms with van der Waals surface area (Å²) in [5.74, 6) is -1.44. The number of nitrogens with one attached hydrogen (secondary N) is 1. The summed E-state index contributed by atoms with van der Waals surface area (Å²) in [7, 11) is 0. The lowest BCUT2D eigenvalue weighted by molar-refractivity contribution is -0.155. The maximum atomic E-state index is 13.2. The molecule has 0 aliphatic heterocycles. The lowest BCUT2D eigenvalue weighted by Gasteiger charge is -2.33. The number of carbonyl (C=O) groups excluding carboxylic acids is 2. The number of aliphatic hydroxyl groups is 2. The monoisotopic (exact) mass is 476 g/mol. The van der Waals surface area contributed by atoms with E-state index in [2.05, 4.69) is 10.4 Å². The summed E-state index contributed by atoms with van der Waals surface area (Å²) >= 11 is 0. The molecule has 0 bridgehead atoms. The first-order valence-electron chi connectivity index (χ1n) is 11.9. The summed E-state index contributed by atoms with van der Waals surface area (Å²) in [6.07, 6.45) is 1.47. The Morgan fingerprint density at radius 1 is 1.03 bits per heavy atom. The Morgan fingerprint density at radius 3 is 2.34 bits per heavy atom. The van der Waals surface area contributed by atoms with Gasteiger partial charge in [-0.2, -0.15) is 5.10 Å². The van der Waals surface area contributed by atoms with Gasteiger partial charge in [0.15, 0.2) is 12.2 Å². The third-order valence-corrected chi connectivity index (χ3v) is 6.48. The number of aromatic nitrogens is 2. The zero-order chi connectivity index (χ0) is 25.1. The number of benzene rings is 2. The van der Waals surface area contributed by atoms with E-state index in [-0.39, 0.29) is 12.1 Å². The van der Waals surface area contributed by atoms with E-state index < -0.39 is 30.1 Å². The van der Waals surface area contributed by atoms with Gasteiger partial charge in [-0.15, -0.1) is 0 Å². The molecule has 4 rings (SSSR count). The van der Waals surface area contributed by atoms with Crippen molar-refractivity contribution in [3.63, 3.8) is 0 Å². The van der Waals surface area contributed by atoms with E-state index in [1.807, 2.05) is 74.6 Å². The van der Waals surface area contributed by atoms with Crippen LogP contribution in [0.15, 0.2) is 67.0 Å². The van der Waals surface area contributed by atoms with Crippen LogP contribution in [0, 0.1) is 6.92 Å². The molecule has 0 saturated heterocycles. The van der Waals surface area contributed by atoms with Gasteiger partial charge >= 0.3 is 0 Å². The molecule has 35 heavy (non-hydrogen) atoms. The maximum Gasteiger partial charge on any atom is 0.255 e. The van der Waals surface area contributed by atoms with Gasteiger partial charge in [-0.05, 0) is 62.9 Å². The number of nitrogens with zero attached hydrogens (tertiary/aromatic N) is 3. The minimum atomic E-state index is -1.88. The molecule has 8 heteroatoms. The van der Waals surface area contributed by atoms with Gasteiger partial charge in [0.1, 0.15) is 0 Å². The number of amides is 2. The quantitative estimate of drug-likeness (QED) is 0.440. The molecule has 3 N–H and O–H groups in total. The molecule has 0 radical (unpaired) electrons. The van der Waals surface area contributed by atoms with E-state index in [1.54, 1.807) is 22.7 Å². The lowest BCUT2D eigenvalue weighted by Crippen LogP contribution is -2.52. The van der Waals surface area contributed by atoms with Crippen LogP contribution >= 0.6 is 0 Å². The summed E-state index contributed by atoms with van der Waals surface area (Å²) < 4.78 is 1.72. The summed E-state index contributed by atoms with van der Waals surface area (Å²) in [5, 5.41) is 28.1. The van der Waals surface area contributed by atoms with Crippen molar-refractivity contribution < 1.29 is 19.8 Å². The average Bonchev–Trinajstić information content (AvgIpc) is 3.53. The molecule has 0 spiro atoms. The van der Waals surface area contributed by atoms with Gasteiger partial charge in [0, 0.05) is 18.4 Å². The highest BCUT2D eigenvalue weighted by Gasteiger charge is 2.42. The number of rotatable bonds is 9. The predicted octanol–water partition coefficient (Wildman–Crippen LogP) is 2.83. The first-order valence-corrected chi connectivity index (χ1v) is 11.9. The third-order valence-electron chi connectivity index (χ3n) is 6.48. The smallest absolute Gasteiger partial charge is 0.255 e. The second-order valence-corrected chi connectivity index (χ2v) is 9.23. The minimum Gasteiger partial charge on any atom is -0.380 e. The van der Waals surface area contributed by atoms with Crippen LogP contribution in [-0.4, -0.2) is 55.0 Å².